The van der Waals surface area contributed by atoms with Crippen molar-refractivity contribution in [2.75, 3.05) is 45.1 Å². The molecule has 0 N–H and O–H groups in total. The zero-order valence-corrected chi connectivity index (χ0v) is 14.9. The summed E-state index contributed by atoms with van der Waals surface area (Å²) >= 11 is 0. The van der Waals surface area contributed by atoms with Gasteiger partial charge in [-0.25, -0.2) is 4.79 Å². The van der Waals surface area contributed by atoms with E-state index in [0.29, 0.717) is 0 Å². The van der Waals surface area contributed by atoms with Crippen molar-refractivity contribution in [1.82, 2.24) is 0 Å². The van der Waals surface area contributed by atoms with Crippen molar-refractivity contribution >= 4 is 22.9 Å². The maximum Gasteiger partial charge on any atom is 0.331 e. The molecule has 2 rings (SSSR count). The number of ether oxygens (including phenoxy) is 1. The van der Waals surface area contributed by atoms with E-state index in [9.17, 15) is 4.79 Å². The van der Waals surface area contributed by atoms with Crippen LogP contribution in [0.3, 0.4) is 0 Å². The number of benzene rings is 2. The molecule has 4 nitrogen and oxygen atoms in total. The van der Waals surface area contributed by atoms with Gasteiger partial charge in [-0.05, 0) is 41.0 Å². The van der Waals surface area contributed by atoms with Crippen LogP contribution in [0, 0.1) is 0 Å². The van der Waals surface area contributed by atoms with Crippen molar-refractivity contribution in [3.8, 4) is 0 Å². The molecule has 0 bridgehead atoms. The van der Waals surface area contributed by atoms with Crippen LogP contribution in [0.4, 0.5) is 11.4 Å². The first kappa shape index (κ1) is 17.6. The highest BCUT2D eigenvalue weighted by Gasteiger charge is 2.09. The molecule has 0 aromatic heterocycles. The lowest BCUT2D eigenvalue weighted by Gasteiger charge is -2.16. The molecule has 4 heteroatoms. The Morgan fingerprint density at radius 3 is 1.46 bits per heavy atom. The van der Waals surface area contributed by atoms with Crippen LogP contribution in [-0.2, 0) is 9.53 Å². The van der Waals surface area contributed by atoms with Crippen LogP contribution in [0.15, 0.2) is 54.6 Å². The fourth-order valence-corrected chi connectivity index (χ4v) is 2.39. The van der Waals surface area contributed by atoms with Gasteiger partial charge in [0, 0.05) is 45.6 Å². The Bertz CT molecular complexity index is 661. The topological polar surface area (TPSA) is 32.8 Å². The minimum atomic E-state index is -0.363. The summed E-state index contributed by atoms with van der Waals surface area (Å²) in [7, 11) is 9.39. The van der Waals surface area contributed by atoms with Gasteiger partial charge in [0.1, 0.15) is 0 Å². The Morgan fingerprint density at radius 2 is 1.17 bits per heavy atom. The Morgan fingerprint density at radius 1 is 0.792 bits per heavy atom. The molecule has 0 amide bonds. The highest BCUT2D eigenvalue weighted by Crippen LogP contribution is 2.27. The summed E-state index contributed by atoms with van der Waals surface area (Å²) in [5.41, 5.74) is 5.02. The fourth-order valence-electron chi connectivity index (χ4n) is 2.39. The van der Waals surface area contributed by atoms with Crippen LogP contribution in [0.5, 0.6) is 0 Å². The zero-order chi connectivity index (χ0) is 17.7. The number of rotatable bonds is 5. The predicted octanol–water partition coefficient (Wildman–Crippen LogP) is 3.42. The molecule has 0 unspecified atom stereocenters. The number of esters is 1. The van der Waals surface area contributed by atoms with Crippen molar-refractivity contribution in [3.63, 3.8) is 0 Å². The fraction of sp³-hybridized carbons (Fsp3) is 0.250. The number of hydrogen-bond donors (Lipinski definition) is 0. The number of carbonyl (C=O) groups is 1. The maximum atomic E-state index is 11.8. The van der Waals surface area contributed by atoms with Crippen molar-refractivity contribution in [2.24, 2.45) is 0 Å². The lowest BCUT2D eigenvalue weighted by Crippen LogP contribution is -2.08. The van der Waals surface area contributed by atoms with Crippen LogP contribution >= 0.6 is 0 Å². The lowest BCUT2D eigenvalue weighted by atomic mass is 9.97. The van der Waals surface area contributed by atoms with Crippen molar-refractivity contribution in [1.29, 1.82) is 0 Å². The molecule has 0 saturated carbocycles. The zero-order valence-electron chi connectivity index (χ0n) is 14.9. The molecular formula is C20H24N2O2. The smallest absolute Gasteiger partial charge is 0.331 e. The first-order chi connectivity index (χ1) is 11.4. The molecule has 0 heterocycles. The van der Waals surface area contributed by atoms with Gasteiger partial charge in [-0.3, -0.25) is 0 Å². The van der Waals surface area contributed by atoms with Gasteiger partial charge in [0.25, 0.3) is 0 Å². The maximum absolute atomic E-state index is 11.8. The van der Waals surface area contributed by atoms with Crippen LogP contribution in [-0.4, -0.2) is 41.3 Å². The van der Waals surface area contributed by atoms with E-state index in [2.05, 4.69) is 0 Å². The second-order valence-corrected chi connectivity index (χ2v) is 5.96. The molecule has 0 aliphatic carbocycles. The molecule has 2 aromatic carbocycles. The van der Waals surface area contributed by atoms with Crippen LogP contribution in [0.2, 0.25) is 0 Å². The number of methoxy groups -OCH3 is 1. The first-order valence-electron chi connectivity index (χ1n) is 7.77. The quantitative estimate of drug-likeness (QED) is 0.623. The number of carbonyl (C=O) groups excluding carboxylic acids is 1. The monoisotopic (exact) mass is 324 g/mol. The molecule has 2 aromatic rings. The van der Waals surface area contributed by atoms with Gasteiger partial charge < -0.3 is 14.5 Å². The van der Waals surface area contributed by atoms with E-state index in [1.807, 2.05) is 86.5 Å². The summed E-state index contributed by atoms with van der Waals surface area (Å²) in [6.45, 7) is 0. The van der Waals surface area contributed by atoms with E-state index < -0.39 is 0 Å². The van der Waals surface area contributed by atoms with Crippen molar-refractivity contribution in [2.45, 2.75) is 0 Å². The highest BCUT2D eigenvalue weighted by atomic mass is 16.5. The molecule has 24 heavy (non-hydrogen) atoms. The number of hydrogen-bond acceptors (Lipinski definition) is 4. The van der Waals surface area contributed by atoms with E-state index in [-0.39, 0.29) is 5.97 Å². The summed E-state index contributed by atoms with van der Waals surface area (Å²) in [4.78, 5) is 15.9. The van der Waals surface area contributed by atoms with Crippen molar-refractivity contribution < 1.29 is 9.53 Å². The summed E-state index contributed by atoms with van der Waals surface area (Å²) in [6.07, 6.45) is 1.54. The van der Waals surface area contributed by atoms with Gasteiger partial charge in [0.05, 0.1) is 7.11 Å². The SMILES string of the molecule is COC(=O)C=C(c1ccc(N(C)C)cc1)c1ccc(N(C)C)cc1. The Labute approximate surface area is 144 Å². The Hall–Kier alpha value is -2.75. The Balaban J connectivity index is 2.45. The Kier molecular flexibility index (Phi) is 5.64. The lowest BCUT2D eigenvalue weighted by molar-refractivity contribution is -0.134. The third-order valence-electron chi connectivity index (χ3n) is 3.85. The summed E-state index contributed by atoms with van der Waals surface area (Å²) in [6, 6.07) is 16.2. The van der Waals surface area contributed by atoms with E-state index in [1.54, 1.807) is 0 Å². The van der Waals surface area contributed by atoms with Crippen LogP contribution in [0.25, 0.3) is 5.57 Å². The summed E-state index contributed by atoms with van der Waals surface area (Å²) in [5, 5.41) is 0. The standard InChI is InChI=1S/C20H24N2O2/c1-21(2)17-10-6-15(7-11-17)19(14-20(23)24-5)16-8-12-18(13-9-16)22(3)4/h6-14H,1-5H3. The molecule has 0 fully saturated rings. The minimum Gasteiger partial charge on any atom is -0.466 e. The van der Waals surface area contributed by atoms with Crippen LogP contribution in [0.1, 0.15) is 11.1 Å². The van der Waals surface area contributed by atoms with E-state index in [0.717, 1.165) is 28.1 Å². The van der Waals surface area contributed by atoms with E-state index in [1.165, 1.54) is 13.2 Å². The third-order valence-corrected chi connectivity index (χ3v) is 3.85. The first-order valence-corrected chi connectivity index (χ1v) is 7.77. The summed E-state index contributed by atoms with van der Waals surface area (Å²) in [5.74, 6) is -0.363. The van der Waals surface area contributed by atoms with Crippen molar-refractivity contribution in [3.05, 3.63) is 65.7 Å². The van der Waals surface area contributed by atoms with Gasteiger partial charge in [-0.15, -0.1) is 0 Å². The van der Waals surface area contributed by atoms with Gasteiger partial charge in [-0.2, -0.15) is 0 Å². The largest absolute Gasteiger partial charge is 0.466 e. The normalized spacial score (nSPS) is 10.0. The molecule has 0 atom stereocenters. The number of nitrogens with zero attached hydrogens (tertiary/aromatic N) is 2. The van der Waals surface area contributed by atoms with Gasteiger partial charge >= 0.3 is 5.97 Å². The second-order valence-electron chi connectivity index (χ2n) is 5.96. The average Bonchev–Trinajstić information content (AvgIpc) is 2.59. The molecule has 126 valence electrons. The minimum absolute atomic E-state index is 0.363. The third kappa shape index (κ3) is 4.16. The van der Waals surface area contributed by atoms with Gasteiger partial charge in [0.15, 0.2) is 0 Å². The van der Waals surface area contributed by atoms with E-state index >= 15 is 0 Å². The predicted molar refractivity (Wildman–Crippen MR) is 101 cm³/mol. The molecule has 0 spiro atoms. The molecule has 0 aliphatic heterocycles. The second kappa shape index (κ2) is 7.68. The molecule has 0 saturated heterocycles. The van der Waals surface area contributed by atoms with Gasteiger partial charge in [0.2, 0.25) is 0 Å². The molecule has 0 radical (unpaired) electrons. The molecule has 0 aliphatic rings. The highest BCUT2D eigenvalue weighted by molar-refractivity contribution is 5.96. The molecular weight excluding hydrogens is 300 g/mol. The van der Waals surface area contributed by atoms with Gasteiger partial charge in [-0.1, -0.05) is 24.3 Å². The van der Waals surface area contributed by atoms with E-state index in [4.69, 9.17) is 4.74 Å². The summed E-state index contributed by atoms with van der Waals surface area (Å²) < 4.78 is 4.82. The number of anilines is 2. The van der Waals surface area contributed by atoms with Crippen LogP contribution < -0.4 is 9.80 Å². The average molecular weight is 324 g/mol.